The number of hydrogen-bond donors (Lipinski definition) is 1. The minimum atomic E-state index is -3.64. The molecule has 7 nitrogen and oxygen atoms in total. The third kappa shape index (κ3) is 4.32. The average molecular weight is 335 g/mol. The predicted molar refractivity (Wildman–Crippen MR) is 84.7 cm³/mol. The summed E-state index contributed by atoms with van der Waals surface area (Å²) < 4.78 is 47.8. The Labute approximate surface area is 126 Å². The molecule has 0 spiro atoms. The van der Waals surface area contributed by atoms with Crippen LogP contribution in [0.15, 0.2) is 23.1 Å². The number of sulfonamides is 1. The zero-order chi connectivity index (χ0) is 16.4. The van der Waals surface area contributed by atoms with Crippen LogP contribution < -0.4 is 10.6 Å². The van der Waals surface area contributed by atoms with Gasteiger partial charge in [-0.3, -0.25) is 0 Å². The van der Waals surface area contributed by atoms with E-state index in [4.69, 9.17) is 5.73 Å². The molecule has 1 aromatic rings. The van der Waals surface area contributed by atoms with Crippen molar-refractivity contribution in [3.05, 3.63) is 18.2 Å². The standard InChI is InChI=1S/C12H21N3O4S2/c1-14(2)21(18,19)11-7-5-6-10(12(11)13)15(3)8-9-20(4,16)17/h5-7H,8-9,13H2,1-4H3. The molecule has 0 fully saturated rings. The van der Waals surface area contributed by atoms with Crippen LogP contribution >= 0.6 is 0 Å². The van der Waals surface area contributed by atoms with Gasteiger partial charge in [0.25, 0.3) is 0 Å². The molecule has 2 N–H and O–H groups in total. The molecule has 0 amide bonds. The minimum absolute atomic E-state index is 0.0104. The van der Waals surface area contributed by atoms with E-state index >= 15 is 0 Å². The molecular weight excluding hydrogens is 314 g/mol. The molecule has 0 radical (unpaired) electrons. The lowest BCUT2D eigenvalue weighted by atomic mass is 10.2. The lowest BCUT2D eigenvalue weighted by Crippen LogP contribution is -2.27. The Hall–Kier alpha value is -1.32. The highest BCUT2D eigenvalue weighted by atomic mass is 32.2. The third-order valence-electron chi connectivity index (χ3n) is 3.01. The maximum Gasteiger partial charge on any atom is 0.244 e. The van der Waals surface area contributed by atoms with Crippen LogP contribution in [-0.4, -0.2) is 60.8 Å². The first-order valence-electron chi connectivity index (χ1n) is 6.16. The first kappa shape index (κ1) is 17.7. The van der Waals surface area contributed by atoms with Gasteiger partial charge in [-0.1, -0.05) is 6.07 Å². The summed E-state index contributed by atoms with van der Waals surface area (Å²) >= 11 is 0. The van der Waals surface area contributed by atoms with Gasteiger partial charge in [0.05, 0.1) is 17.1 Å². The number of nitrogens with zero attached hydrogens (tertiary/aromatic N) is 2. The fraction of sp³-hybridized carbons (Fsp3) is 0.500. The number of hydrogen-bond acceptors (Lipinski definition) is 6. The van der Waals surface area contributed by atoms with Crippen LogP contribution in [0.3, 0.4) is 0 Å². The van der Waals surface area contributed by atoms with Crippen LogP contribution in [0.25, 0.3) is 0 Å². The van der Waals surface area contributed by atoms with Gasteiger partial charge in [0.15, 0.2) is 0 Å². The molecule has 0 bridgehead atoms. The van der Waals surface area contributed by atoms with Gasteiger partial charge in [0, 0.05) is 33.9 Å². The van der Waals surface area contributed by atoms with Crippen LogP contribution in [0.2, 0.25) is 0 Å². The molecular formula is C12H21N3O4S2. The Balaban J connectivity index is 3.18. The largest absolute Gasteiger partial charge is 0.396 e. The Morgan fingerprint density at radius 3 is 2.14 bits per heavy atom. The fourth-order valence-corrected chi connectivity index (χ4v) is 3.34. The molecule has 0 saturated heterocycles. The lowest BCUT2D eigenvalue weighted by molar-refractivity contribution is 0.521. The van der Waals surface area contributed by atoms with Crippen LogP contribution in [0.1, 0.15) is 0 Å². The normalized spacial score (nSPS) is 12.6. The Morgan fingerprint density at radius 2 is 1.67 bits per heavy atom. The predicted octanol–water partition coefficient (Wildman–Crippen LogP) is -0.0001000. The molecule has 0 aliphatic heterocycles. The number of benzene rings is 1. The monoisotopic (exact) mass is 335 g/mol. The minimum Gasteiger partial charge on any atom is -0.396 e. The van der Waals surface area contributed by atoms with Crippen molar-refractivity contribution in [1.29, 1.82) is 0 Å². The van der Waals surface area contributed by atoms with Gasteiger partial charge in [-0.15, -0.1) is 0 Å². The second-order valence-corrected chi connectivity index (χ2v) is 9.41. The Bertz CT molecular complexity index is 712. The maximum atomic E-state index is 12.2. The second-order valence-electron chi connectivity index (χ2n) is 5.03. The Morgan fingerprint density at radius 1 is 1.10 bits per heavy atom. The van der Waals surface area contributed by atoms with Crippen molar-refractivity contribution in [3.8, 4) is 0 Å². The van der Waals surface area contributed by atoms with Gasteiger partial charge in [-0.2, -0.15) is 0 Å². The van der Waals surface area contributed by atoms with E-state index in [1.54, 1.807) is 24.1 Å². The lowest BCUT2D eigenvalue weighted by Gasteiger charge is -2.23. The Kier molecular flexibility index (Phi) is 5.24. The van der Waals surface area contributed by atoms with Crippen molar-refractivity contribution < 1.29 is 16.8 Å². The summed E-state index contributed by atoms with van der Waals surface area (Å²) in [6.07, 6.45) is 1.15. The molecule has 0 aromatic heterocycles. The highest BCUT2D eigenvalue weighted by Crippen LogP contribution is 2.30. The number of para-hydroxylation sites is 1. The van der Waals surface area contributed by atoms with Crippen molar-refractivity contribution in [1.82, 2.24) is 4.31 Å². The molecule has 0 aliphatic carbocycles. The number of rotatable bonds is 6. The van der Waals surface area contributed by atoms with Crippen molar-refractivity contribution in [2.45, 2.75) is 4.90 Å². The molecule has 21 heavy (non-hydrogen) atoms. The first-order chi connectivity index (χ1) is 9.47. The molecule has 0 heterocycles. The smallest absolute Gasteiger partial charge is 0.244 e. The quantitative estimate of drug-likeness (QED) is 0.734. The molecule has 0 aliphatic rings. The van der Waals surface area contributed by atoms with E-state index in [-0.39, 0.29) is 22.9 Å². The second kappa shape index (κ2) is 6.20. The van der Waals surface area contributed by atoms with Crippen molar-refractivity contribution in [2.24, 2.45) is 0 Å². The average Bonchev–Trinajstić information content (AvgIpc) is 2.34. The van der Waals surface area contributed by atoms with Gasteiger partial charge in [-0.25, -0.2) is 21.1 Å². The summed E-state index contributed by atoms with van der Waals surface area (Å²) in [5, 5.41) is 0. The number of nitrogens with two attached hydrogens (primary N) is 1. The number of sulfone groups is 1. The summed E-state index contributed by atoms with van der Waals surface area (Å²) in [6, 6.07) is 4.67. The highest BCUT2D eigenvalue weighted by molar-refractivity contribution is 7.90. The number of anilines is 2. The van der Waals surface area contributed by atoms with Gasteiger partial charge in [0.1, 0.15) is 14.7 Å². The summed E-state index contributed by atoms with van der Waals surface area (Å²) in [4.78, 5) is 1.64. The SMILES string of the molecule is CN(CCS(C)(=O)=O)c1cccc(S(=O)(=O)N(C)C)c1N. The molecule has 9 heteroatoms. The van der Waals surface area contributed by atoms with Crippen molar-refractivity contribution in [3.63, 3.8) is 0 Å². The van der Waals surface area contributed by atoms with Crippen molar-refractivity contribution in [2.75, 3.05) is 50.3 Å². The van der Waals surface area contributed by atoms with E-state index in [9.17, 15) is 16.8 Å². The summed E-state index contributed by atoms with van der Waals surface area (Å²) in [5.74, 6) is -0.0341. The van der Waals surface area contributed by atoms with Crippen molar-refractivity contribution >= 4 is 31.2 Å². The topological polar surface area (TPSA) is 101 Å². The summed E-state index contributed by atoms with van der Waals surface area (Å²) in [6.45, 7) is 0.231. The van der Waals surface area contributed by atoms with E-state index < -0.39 is 19.9 Å². The van der Waals surface area contributed by atoms with Crippen LogP contribution in [0.5, 0.6) is 0 Å². The zero-order valence-corrected chi connectivity index (χ0v) is 14.2. The summed E-state index contributed by atoms with van der Waals surface area (Å²) in [5.41, 5.74) is 6.55. The van der Waals surface area contributed by atoms with E-state index in [0.29, 0.717) is 5.69 Å². The molecule has 120 valence electrons. The van der Waals surface area contributed by atoms with Gasteiger partial charge in [-0.05, 0) is 12.1 Å². The van der Waals surface area contributed by atoms with E-state index in [2.05, 4.69) is 0 Å². The first-order valence-corrected chi connectivity index (χ1v) is 9.67. The molecule has 1 rings (SSSR count). The molecule has 1 aromatic carbocycles. The molecule has 0 atom stereocenters. The maximum absolute atomic E-state index is 12.2. The number of nitrogen functional groups attached to an aromatic ring is 1. The molecule has 0 unspecified atom stereocenters. The molecule has 0 saturated carbocycles. The van der Waals surface area contributed by atoms with Crippen LogP contribution in [-0.2, 0) is 19.9 Å². The van der Waals surface area contributed by atoms with Gasteiger partial charge in [0.2, 0.25) is 10.0 Å². The van der Waals surface area contributed by atoms with Gasteiger partial charge >= 0.3 is 0 Å². The zero-order valence-electron chi connectivity index (χ0n) is 12.6. The van der Waals surface area contributed by atoms with Gasteiger partial charge < -0.3 is 10.6 Å². The fourth-order valence-electron chi connectivity index (χ4n) is 1.71. The van der Waals surface area contributed by atoms with E-state index in [1.165, 1.54) is 20.2 Å². The van der Waals surface area contributed by atoms with E-state index in [1.807, 2.05) is 0 Å². The van der Waals surface area contributed by atoms with E-state index in [0.717, 1.165) is 10.6 Å². The van der Waals surface area contributed by atoms with Crippen LogP contribution in [0.4, 0.5) is 11.4 Å². The third-order valence-corrected chi connectivity index (χ3v) is 5.81. The highest BCUT2D eigenvalue weighted by Gasteiger charge is 2.22. The van der Waals surface area contributed by atoms with Crippen LogP contribution in [0, 0.1) is 0 Å². The summed E-state index contributed by atoms with van der Waals surface area (Å²) in [7, 11) is -2.22.